The van der Waals surface area contributed by atoms with Gasteiger partial charge in [-0.05, 0) is 49.2 Å². The predicted octanol–water partition coefficient (Wildman–Crippen LogP) is 4.80. The number of fused-ring (bicyclic) bond motifs is 1. The van der Waals surface area contributed by atoms with Crippen LogP contribution in [-0.2, 0) is 4.79 Å². The summed E-state index contributed by atoms with van der Waals surface area (Å²) >= 11 is 0. The highest BCUT2D eigenvalue weighted by Crippen LogP contribution is 2.34. The van der Waals surface area contributed by atoms with Gasteiger partial charge >= 0.3 is 0 Å². The summed E-state index contributed by atoms with van der Waals surface area (Å²) in [5.41, 5.74) is 4.05. The van der Waals surface area contributed by atoms with Gasteiger partial charge in [-0.1, -0.05) is 26.8 Å². The zero-order valence-corrected chi connectivity index (χ0v) is 15.1. The number of nitrogens with one attached hydrogen (secondary N) is 1. The minimum absolute atomic E-state index is 0.0506. The molecule has 25 heavy (non-hydrogen) atoms. The lowest BCUT2D eigenvalue weighted by Gasteiger charge is -2.18. The van der Waals surface area contributed by atoms with Crippen LogP contribution < -0.4 is 5.32 Å². The van der Waals surface area contributed by atoms with Gasteiger partial charge in [-0.15, -0.1) is 0 Å². The molecule has 0 saturated heterocycles. The third kappa shape index (κ3) is 3.36. The first-order chi connectivity index (χ1) is 11.6. The number of benzene rings is 2. The molecular weight excluding hydrogens is 316 g/mol. The maximum absolute atomic E-state index is 12.2. The summed E-state index contributed by atoms with van der Waals surface area (Å²) in [6.07, 6.45) is 0. The van der Waals surface area contributed by atoms with Crippen LogP contribution >= 0.6 is 0 Å². The van der Waals surface area contributed by atoms with E-state index < -0.39 is 5.41 Å². The molecule has 0 radical (unpaired) electrons. The second-order valence-electron chi connectivity index (χ2n) is 7.39. The molecule has 5 nitrogen and oxygen atoms in total. The standard InChI is InChI=1S/C20H22N2O3/c1-11-8-12(2)17-15(9-11)22-18(25-17)14-10-13(6-7-16(14)23)21-19(24)20(3,4)5/h6-10,23H,1-5H3,(H,21,24). The number of aromatic hydroxyl groups is 1. The van der Waals surface area contributed by atoms with Crippen molar-refractivity contribution in [2.45, 2.75) is 34.6 Å². The first-order valence-corrected chi connectivity index (χ1v) is 8.18. The molecule has 0 aliphatic carbocycles. The molecule has 2 N–H and O–H groups in total. The summed E-state index contributed by atoms with van der Waals surface area (Å²) in [6.45, 7) is 9.49. The summed E-state index contributed by atoms with van der Waals surface area (Å²) in [7, 11) is 0. The van der Waals surface area contributed by atoms with Gasteiger partial charge in [-0.2, -0.15) is 0 Å². The molecule has 5 heteroatoms. The number of carbonyl (C=O) groups excluding carboxylic acids is 1. The Morgan fingerprint density at radius 2 is 1.88 bits per heavy atom. The Bertz CT molecular complexity index is 965. The van der Waals surface area contributed by atoms with E-state index >= 15 is 0 Å². The van der Waals surface area contributed by atoms with Crippen molar-refractivity contribution in [2.75, 3.05) is 5.32 Å². The summed E-state index contributed by atoms with van der Waals surface area (Å²) in [6, 6.07) is 8.82. The van der Waals surface area contributed by atoms with Crippen LogP contribution in [0.15, 0.2) is 34.7 Å². The van der Waals surface area contributed by atoms with E-state index in [1.165, 1.54) is 6.07 Å². The first kappa shape index (κ1) is 17.0. The van der Waals surface area contributed by atoms with E-state index in [0.29, 0.717) is 22.7 Å². The van der Waals surface area contributed by atoms with Gasteiger partial charge in [0.15, 0.2) is 5.58 Å². The van der Waals surface area contributed by atoms with Crippen molar-refractivity contribution in [2.24, 2.45) is 5.41 Å². The molecule has 0 bridgehead atoms. The third-order valence-electron chi connectivity index (χ3n) is 3.99. The molecule has 0 saturated carbocycles. The molecule has 3 aromatic rings. The molecule has 2 aromatic carbocycles. The maximum Gasteiger partial charge on any atom is 0.231 e. The number of phenols is 1. The van der Waals surface area contributed by atoms with Crippen LogP contribution in [-0.4, -0.2) is 16.0 Å². The Morgan fingerprint density at radius 3 is 2.56 bits per heavy atom. The van der Waals surface area contributed by atoms with Gasteiger partial charge in [-0.25, -0.2) is 4.98 Å². The van der Waals surface area contributed by atoms with Crippen LogP contribution in [0.5, 0.6) is 5.75 Å². The maximum atomic E-state index is 12.2. The summed E-state index contributed by atoms with van der Waals surface area (Å²) in [5.74, 6) is 0.274. The summed E-state index contributed by atoms with van der Waals surface area (Å²) in [4.78, 5) is 16.7. The first-order valence-electron chi connectivity index (χ1n) is 8.18. The molecule has 0 spiro atoms. The molecule has 1 amide bonds. The van der Waals surface area contributed by atoms with Crippen molar-refractivity contribution in [1.29, 1.82) is 0 Å². The Labute approximate surface area is 146 Å². The molecule has 0 atom stereocenters. The van der Waals surface area contributed by atoms with Crippen molar-refractivity contribution in [3.8, 4) is 17.2 Å². The normalized spacial score (nSPS) is 11.7. The van der Waals surface area contributed by atoms with E-state index in [4.69, 9.17) is 4.42 Å². The fourth-order valence-electron chi connectivity index (χ4n) is 2.60. The van der Waals surface area contributed by atoms with Crippen molar-refractivity contribution in [3.05, 3.63) is 41.5 Å². The number of phenolic OH excluding ortho intramolecular Hbond substituents is 1. The molecule has 1 heterocycles. The lowest BCUT2D eigenvalue weighted by atomic mass is 9.95. The van der Waals surface area contributed by atoms with Gasteiger partial charge in [-0.3, -0.25) is 4.79 Å². The zero-order valence-electron chi connectivity index (χ0n) is 15.1. The van der Waals surface area contributed by atoms with Crippen molar-refractivity contribution >= 4 is 22.7 Å². The smallest absolute Gasteiger partial charge is 0.231 e. The van der Waals surface area contributed by atoms with Gasteiger partial charge < -0.3 is 14.8 Å². The number of nitrogens with zero attached hydrogens (tertiary/aromatic N) is 1. The Morgan fingerprint density at radius 1 is 1.16 bits per heavy atom. The highest BCUT2D eigenvalue weighted by atomic mass is 16.3. The van der Waals surface area contributed by atoms with Crippen LogP contribution in [0, 0.1) is 19.3 Å². The second kappa shape index (κ2) is 5.92. The van der Waals surface area contributed by atoms with E-state index in [1.54, 1.807) is 12.1 Å². The Balaban J connectivity index is 2.04. The largest absolute Gasteiger partial charge is 0.507 e. The fourth-order valence-corrected chi connectivity index (χ4v) is 2.60. The van der Waals surface area contributed by atoms with Crippen molar-refractivity contribution < 1.29 is 14.3 Å². The molecule has 0 aliphatic heterocycles. The molecule has 0 unspecified atom stereocenters. The number of carbonyl (C=O) groups is 1. The van der Waals surface area contributed by atoms with E-state index in [1.807, 2.05) is 46.8 Å². The van der Waals surface area contributed by atoms with Crippen molar-refractivity contribution in [1.82, 2.24) is 4.98 Å². The number of anilines is 1. The van der Waals surface area contributed by atoms with E-state index in [9.17, 15) is 9.90 Å². The van der Waals surface area contributed by atoms with Crippen LogP contribution in [0.4, 0.5) is 5.69 Å². The molecule has 0 fully saturated rings. The topological polar surface area (TPSA) is 75.4 Å². The third-order valence-corrected chi connectivity index (χ3v) is 3.99. The average molecular weight is 338 g/mol. The Hall–Kier alpha value is -2.82. The van der Waals surface area contributed by atoms with Crippen LogP contribution in [0.25, 0.3) is 22.6 Å². The zero-order chi connectivity index (χ0) is 18.4. The number of rotatable bonds is 2. The summed E-state index contributed by atoms with van der Waals surface area (Å²) in [5, 5.41) is 13.1. The van der Waals surface area contributed by atoms with Crippen LogP contribution in [0.1, 0.15) is 31.9 Å². The number of aromatic nitrogens is 1. The molecule has 1 aromatic heterocycles. The minimum Gasteiger partial charge on any atom is -0.507 e. The lowest BCUT2D eigenvalue weighted by molar-refractivity contribution is -0.123. The average Bonchev–Trinajstić information content (AvgIpc) is 2.92. The molecular formula is C20H22N2O3. The van der Waals surface area contributed by atoms with Gasteiger partial charge in [0, 0.05) is 11.1 Å². The Kier molecular flexibility index (Phi) is 4.03. The van der Waals surface area contributed by atoms with E-state index in [-0.39, 0.29) is 11.7 Å². The van der Waals surface area contributed by atoms with E-state index in [2.05, 4.69) is 10.3 Å². The van der Waals surface area contributed by atoms with Crippen LogP contribution in [0.3, 0.4) is 0 Å². The number of amides is 1. The molecule has 3 rings (SSSR count). The highest BCUT2D eigenvalue weighted by Gasteiger charge is 2.22. The van der Waals surface area contributed by atoms with Gasteiger partial charge in [0.05, 0.1) is 5.56 Å². The highest BCUT2D eigenvalue weighted by molar-refractivity contribution is 5.95. The summed E-state index contributed by atoms with van der Waals surface area (Å²) < 4.78 is 5.86. The van der Waals surface area contributed by atoms with Crippen LogP contribution in [0.2, 0.25) is 0 Å². The number of oxazole rings is 1. The van der Waals surface area contributed by atoms with Crippen molar-refractivity contribution in [3.63, 3.8) is 0 Å². The number of hydrogen-bond acceptors (Lipinski definition) is 4. The monoisotopic (exact) mass is 338 g/mol. The minimum atomic E-state index is -0.510. The molecule has 130 valence electrons. The molecule has 0 aliphatic rings. The lowest BCUT2D eigenvalue weighted by Crippen LogP contribution is -2.27. The van der Waals surface area contributed by atoms with Gasteiger partial charge in [0.2, 0.25) is 11.8 Å². The number of hydrogen-bond donors (Lipinski definition) is 2. The van der Waals surface area contributed by atoms with Gasteiger partial charge in [0.25, 0.3) is 0 Å². The SMILES string of the molecule is Cc1cc(C)c2oc(-c3cc(NC(=O)C(C)(C)C)ccc3O)nc2c1. The number of aryl methyl sites for hydroxylation is 2. The van der Waals surface area contributed by atoms with E-state index in [0.717, 1.165) is 16.6 Å². The fraction of sp³-hybridized carbons (Fsp3) is 0.300. The quantitative estimate of drug-likeness (QED) is 0.658. The van der Waals surface area contributed by atoms with Gasteiger partial charge in [0.1, 0.15) is 11.3 Å². The second-order valence-corrected chi connectivity index (χ2v) is 7.39. The predicted molar refractivity (Wildman–Crippen MR) is 98.7 cm³/mol.